The summed E-state index contributed by atoms with van der Waals surface area (Å²) in [5.74, 6) is -0.00428. The zero-order valence-corrected chi connectivity index (χ0v) is 8.70. The van der Waals surface area contributed by atoms with Crippen LogP contribution in [0.5, 0.6) is 0 Å². The van der Waals surface area contributed by atoms with Crippen molar-refractivity contribution in [2.24, 2.45) is 5.92 Å². The van der Waals surface area contributed by atoms with Crippen LogP contribution in [0.1, 0.15) is 20.3 Å². The van der Waals surface area contributed by atoms with Crippen molar-refractivity contribution in [3.05, 3.63) is 0 Å². The first-order chi connectivity index (χ1) is 5.87. The predicted molar refractivity (Wildman–Crippen MR) is 55.5 cm³/mol. The Balaban J connectivity index is 2.79. The summed E-state index contributed by atoms with van der Waals surface area (Å²) >= 11 is 0. The summed E-state index contributed by atoms with van der Waals surface area (Å²) in [5, 5.41) is 8.99. The molecule has 0 saturated carbocycles. The molecule has 1 aliphatic rings. The van der Waals surface area contributed by atoms with Gasteiger partial charge in [-0.25, -0.2) is 4.79 Å². The summed E-state index contributed by atoms with van der Waals surface area (Å²) in [7, 11) is 4.03. The maximum absolute atomic E-state index is 10.9. The Hall–Kier alpha value is -0.440. The van der Waals surface area contributed by atoms with Crippen LogP contribution in [0, 0.1) is 5.92 Å². The van der Waals surface area contributed by atoms with Gasteiger partial charge in [-0.2, -0.15) is 0 Å². The standard InChI is InChI=1S/C8H16B2O3/c1-4-5(9)3-8(2,7(11)12)13-6(4)10/h4-6H,3,9-10H2,1-2H3,(H,11,12)/t4-,5+,6+,8?/m1/s1. The lowest BCUT2D eigenvalue weighted by Gasteiger charge is -2.42. The van der Waals surface area contributed by atoms with Crippen LogP contribution in [-0.4, -0.2) is 38.4 Å². The minimum absolute atomic E-state index is 0.0323. The van der Waals surface area contributed by atoms with Gasteiger partial charge in [-0.15, -0.1) is 0 Å². The Kier molecular flexibility index (Phi) is 2.76. The molecule has 3 nitrogen and oxygen atoms in total. The second-order valence-corrected chi connectivity index (χ2v) is 4.40. The third-order valence-corrected chi connectivity index (χ3v) is 3.25. The molecule has 0 aromatic carbocycles. The van der Waals surface area contributed by atoms with E-state index in [0.29, 0.717) is 18.2 Å². The number of rotatable bonds is 1. The van der Waals surface area contributed by atoms with E-state index in [4.69, 9.17) is 9.84 Å². The van der Waals surface area contributed by atoms with Gasteiger partial charge in [0.25, 0.3) is 0 Å². The van der Waals surface area contributed by atoms with Crippen molar-refractivity contribution < 1.29 is 14.6 Å². The fraction of sp³-hybridized carbons (Fsp3) is 0.875. The Morgan fingerprint density at radius 1 is 1.62 bits per heavy atom. The fourth-order valence-electron chi connectivity index (χ4n) is 1.97. The molecule has 13 heavy (non-hydrogen) atoms. The molecule has 0 bridgehead atoms. The van der Waals surface area contributed by atoms with Crippen LogP contribution < -0.4 is 0 Å². The molecule has 1 fully saturated rings. The van der Waals surface area contributed by atoms with Gasteiger partial charge in [-0.05, 0) is 19.3 Å². The molecule has 0 aromatic rings. The minimum Gasteiger partial charge on any atom is -0.479 e. The molecule has 1 heterocycles. The number of hydrogen-bond donors (Lipinski definition) is 1. The van der Waals surface area contributed by atoms with Crippen molar-refractivity contribution in [1.82, 2.24) is 0 Å². The Bertz CT molecular complexity index is 207. The van der Waals surface area contributed by atoms with Gasteiger partial charge >= 0.3 is 5.97 Å². The maximum Gasteiger partial charge on any atom is 0.335 e. The number of carbonyl (C=O) groups is 1. The van der Waals surface area contributed by atoms with Gasteiger partial charge in [0.1, 0.15) is 15.7 Å². The number of carboxylic acids is 1. The molecule has 0 aromatic heterocycles. The quantitative estimate of drug-likeness (QED) is 0.543. The van der Waals surface area contributed by atoms with Crippen LogP contribution in [0.2, 0.25) is 5.82 Å². The summed E-state index contributed by atoms with van der Waals surface area (Å²) in [4.78, 5) is 10.9. The average molecular weight is 182 g/mol. The van der Waals surface area contributed by atoms with E-state index in [2.05, 4.69) is 14.8 Å². The van der Waals surface area contributed by atoms with E-state index < -0.39 is 11.6 Å². The van der Waals surface area contributed by atoms with E-state index in [9.17, 15) is 4.79 Å². The molecule has 0 radical (unpaired) electrons. The highest BCUT2D eigenvalue weighted by molar-refractivity contribution is 6.15. The van der Waals surface area contributed by atoms with Gasteiger partial charge < -0.3 is 9.84 Å². The zero-order valence-electron chi connectivity index (χ0n) is 8.70. The van der Waals surface area contributed by atoms with Crippen LogP contribution in [0.15, 0.2) is 0 Å². The maximum atomic E-state index is 10.9. The molecule has 1 saturated heterocycles. The molecule has 1 unspecified atom stereocenters. The van der Waals surface area contributed by atoms with Gasteiger partial charge in [0, 0.05) is 6.00 Å². The molecule has 72 valence electrons. The van der Waals surface area contributed by atoms with Crippen molar-refractivity contribution >= 4 is 21.7 Å². The fourth-order valence-corrected chi connectivity index (χ4v) is 1.97. The monoisotopic (exact) mass is 182 g/mol. The smallest absolute Gasteiger partial charge is 0.335 e. The number of aliphatic carboxylic acids is 1. The lowest BCUT2D eigenvalue weighted by molar-refractivity contribution is -0.176. The van der Waals surface area contributed by atoms with E-state index in [1.165, 1.54) is 0 Å². The highest BCUT2D eigenvalue weighted by Crippen LogP contribution is 2.37. The number of ether oxygens (including phenoxy) is 1. The van der Waals surface area contributed by atoms with Crippen molar-refractivity contribution in [2.75, 3.05) is 0 Å². The number of hydrogen-bond acceptors (Lipinski definition) is 2. The molecule has 0 amide bonds. The summed E-state index contributed by atoms with van der Waals surface area (Å²) in [6, 6.07) is 0.0323. The van der Waals surface area contributed by atoms with Crippen LogP contribution in [-0.2, 0) is 9.53 Å². The highest BCUT2D eigenvalue weighted by Gasteiger charge is 2.43. The molecule has 1 rings (SSSR count). The van der Waals surface area contributed by atoms with Gasteiger partial charge in [0.15, 0.2) is 5.60 Å². The van der Waals surface area contributed by atoms with Crippen molar-refractivity contribution in [3.63, 3.8) is 0 Å². The topological polar surface area (TPSA) is 46.5 Å². The van der Waals surface area contributed by atoms with E-state index in [1.807, 2.05) is 7.85 Å². The van der Waals surface area contributed by atoms with Gasteiger partial charge in [-0.1, -0.05) is 12.7 Å². The first-order valence-corrected chi connectivity index (χ1v) is 4.78. The first kappa shape index (κ1) is 10.6. The van der Waals surface area contributed by atoms with Crippen LogP contribution in [0.25, 0.3) is 0 Å². The highest BCUT2D eigenvalue weighted by atomic mass is 16.5. The lowest BCUT2D eigenvalue weighted by atomic mass is 9.63. The molecule has 4 atom stereocenters. The third kappa shape index (κ3) is 1.90. The zero-order chi connectivity index (χ0) is 10.2. The molecule has 1 aliphatic heterocycles. The van der Waals surface area contributed by atoms with Crippen LogP contribution in [0.4, 0.5) is 0 Å². The molecule has 5 heteroatoms. The van der Waals surface area contributed by atoms with Crippen molar-refractivity contribution in [3.8, 4) is 0 Å². The lowest BCUT2D eigenvalue weighted by Crippen LogP contribution is -2.50. The number of carboxylic acid groups (broad SMARTS) is 1. The first-order valence-electron chi connectivity index (χ1n) is 4.78. The van der Waals surface area contributed by atoms with E-state index in [0.717, 1.165) is 0 Å². The van der Waals surface area contributed by atoms with Gasteiger partial charge in [0.2, 0.25) is 0 Å². The van der Waals surface area contributed by atoms with Gasteiger partial charge in [0.05, 0.1) is 0 Å². The molecule has 1 N–H and O–H groups in total. The summed E-state index contributed by atoms with van der Waals surface area (Å²) in [6.45, 7) is 3.77. The predicted octanol–water partition coefficient (Wildman–Crippen LogP) is -0.733. The van der Waals surface area contributed by atoms with E-state index in [1.54, 1.807) is 6.92 Å². The van der Waals surface area contributed by atoms with Gasteiger partial charge in [-0.3, -0.25) is 0 Å². The summed E-state index contributed by atoms with van der Waals surface area (Å²) in [6.07, 6.45) is 0.605. The van der Waals surface area contributed by atoms with Crippen molar-refractivity contribution in [1.29, 1.82) is 0 Å². The van der Waals surface area contributed by atoms with Crippen LogP contribution in [0.3, 0.4) is 0 Å². The Morgan fingerprint density at radius 2 is 2.15 bits per heavy atom. The summed E-state index contributed by atoms with van der Waals surface area (Å²) in [5.41, 5.74) is -0.981. The normalized spacial score (nSPS) is 45.8. The molecule has 0 aliphatic carbocycles. The van der Waals surface area contributed by atoms with Crippen molar-refractivity contribution in [2.45, 2.75) is 37.7 Å². The Labute approximate surface area is 80.7 Å². The largest absolute Gasteiger partial charge is 0.479 e. The SMILES string of the molecule is B[C@H]1CC(C)(C(=O)O)O[C@H](B)[C@@H]1C. The second-order valence-electron chi connectivity index (χ2n) is 4.40. The molecular weight excluding hydrogens is 166 g/mol. The minimum atomic E-state index is -0.981. The van der Waals surface area contributed by atoms with E-state index in [-0.39, 0.29) is 6.00 Å². The third-order valence-electron chi connectivity index (χ3n) is 3.25. The second kappa shape index (κ2) is 3.37. The molecular formula is C8H16B2O3. The van der Waals surface area contributed by atoms with E-state index >= 15 is 0 Å². The molecule has 0 spiro atoms. The average Bonchev–Trinajstić information content (AvgIpc) is 2.00. The van der Waals surface area contributed by atoms with Crippen LogP contribution >= 0.6 is 0 Å². The Morgan fingerprint density at radius 3 is 2.54 bits per heavy atom. The summed E-state index contributed by atoms with van der Waals surface area (Å²) < 4.78 is 5.52.